The predicted molar refractivity (Wildman–Crippen MR) is 79.6 cm³/mol. The van der Waals surface area contributed by atoms with Gasteiger partial charge in [0.15, 0.2) is 0 Å². The molecule has 1 saturated carbocycles. The number of hydrogen-bond acceptors (Lipinski definition) is 2. The molecule has 0 aliphatic heterocycles. The lowest BCUT2D eigenvalue weighted by Gasteiger charge is -2.29. The van der Waals surface area contributed by atoms with Crippen molar-refractivity contribution in [2.75, 3.05) is 26.2 Å². The van der Waals surface area contributed by atoms with Crippen LogP contribution in [0.1, 0.15) is 39.5 Å². The van der Waals surface area contributed by atoms with Crippen LogP contribution in [-0.4, -0.2) is 38.2 Å². The SMILES string of the molecule is CCNC(=O)NC[C@H]1CCC[C@@H](CNC(=O)NCC)C1. The number of nitrogens with one attached hydrogen (secondary N) is 4. The van der Waals surface area contributed by atoms with Crippen LogP contribution in [0.3, 0.4) is 0 Å². The first-order chi connectivity index (χ1) is 9.65. The van der Waals surface area contributed by atoms with E-state index in [9.17, 15) is 9.59 Å². The number of urea groups is 2. The second-order valence-corrected chi connectivity index (χ2v) is 5.38. The van der Waals surface area contributed by atoms with Gasteiger partial charge in [0.1, 0.15) is 0 Å². The lowest BCUT2D eigenvalue weighted by atomic mass is 9.81. The van der Waals surface area contributed by atoms with Crippen LogP contribution in [-0.2, 0) is 0 Å². The Morgan fingerprint density at radius 2 is 1.30 bits per heavy atom. The average molecular weight is 284 g/mol. The first-order valence-electron chi connectivity index (χ1n) is 7.69. The zero-order chi connectivity index (χ0) is 14.8. The van der Waals surface area contributed by atoms with E-state index >= 15 is 0 Å². The lowest BCUT2D eigenvalue weighted by Crippen LogP contribution is -2.41. The van der Waals surface area contributed by atoms with Crippen LogP contribution < -0.4 is 21.3 Å². The highest BCUT2D eigenvalue weighted by atomic mass is 16.2. The van der Waals surface area contributed by atoms with Gasteiger partial charge in [0.25, 0.3) is 0 Å². The number of hydrogen-bond donors (Lipinski definition) is 4. The molecule has 1 aliphatic carbocycles. The molecule has 6 nitrogen and oxygen atoms in total. The zero-order valence-electron chi connectivity index (χ0n) is 12.6. The molecule has 116 valence electrons. The zero-order valence-corrected chi connectivity index (χ0v) is 12.6. The van der Waals surface area contributed by atoms with Crippen molar-refractivity contribution in [2.45, 2.75) is 39.5 Å². The molecule has 0 unspecified atom stereocenters. The normalized spacial score (nSPS) is 21.9. The molecule has 0 heterocycles. The molecule has 0 saturated heterocycles. The highest BCUT2D eigenvalue weighted by Gasteiger charge is 2.22. The molecule has 0 bridgehead atoms. The molecule has 6 heteroatoms. The third kappa shape index (κ3) is 6.63. The van der Waals surface area contributed by atoms with Gasteiger partial charge in [-0.1, -0.05) is 6.42 Å². The molecule has 20 heavy (non-hydrogen) atoms. The van der Waals surface area contributed by atoms with Crippen LogP contribution >= 0.6 is 0 Å². The minimum Gasteiger partial charge on any atom is -0.338 e. The van der Waals surface area contributed by atoms with E-state index in [1.54, 1.807) is 0 Å². The minimum atomic E-state index is -0.0879. The van der Waals surface area contributed by atoms with Crippen molar-refractivity contribution in [3.05, 3.63) is 0 Å². The fourth-order valence-electron chi connectivity index (χ4n) is 2.69. The standard InChI is InChI=1S/C14H28N4O2/c1-3-15-13(19)17-9-11-6-5-7-12(8-11)10-18-14(20)16-4-2/h11-12H,3-10H2,1-2H3,(H2,15,17,19)(H2,16,18,20)/t11-,12+. The van der Waals surface area contributed by atoms with Crippen LogP contribution in [0.2, 0.25) is 0 Å². The molecule has 0 aromatic rings. The molecular formula is C14H28N4O2. The fraction of sp³-hybridized carbons (Fsp3) is 0.857. The molecule has 4 N–H and O–H groups in total. The predicted octanol–water partition coefficient (Wildman–Crippen LogP) is 1.43. The summed E-state index contributed by atoms with van der Waals surface area (Å²) in [6.45, 7) is 6.56. The Morgan fingerprint density at radius 1 is 0.850 bits per heavy atom. The highest BCUT2D eigenvalue weighted by Crippen LogP contribution is 2.28. The summed E-state index contributed by atoms with van der Waals surface area (Å²) in [4.78, 5) is 22.7. The van der Waals surface area contributed by atoms with Crippen molar-refractivity contribution in [3.8, 4) is 0 Å². The van der Waals surface area contributed by atoms with Crippen molar-refractivity contribution in [1.82, 2.24) is 21.3 Å². The van der Waals surface area contributed by atoms with E-state index in [0.717, 1.165) is 32.4 Å². The summed E-state index contributed by atoms with van der Waals surface area (Å²) in [5.41, 5.74) is 0. The van der Waals surface area contributed by atoms with Gasteiger partial charge < -0.3 is 21.3 Å². The van der Waals surface area contributed by atoms with Gasteiger partial charge in [0.2, 0.25) is 0 Å². The Hall–Kier alpha value is -1.46. The van der Waals surface area contributed by atoms with Crippen molar-refractivity contribution < 1.29 is 9.59 Å². The number of carbonyl (C=O) groups excluding carboxylic acids is 2. The van der Waals surface area contributed by atoms with Crippen LogP contribution in [0, 0.1) is 11.8 Å². The monoisotopic (exact) mass is 284 g/mol. The summed E-state index contributed by atoms with van der Waals surface area (Å²) in [6.07, 6.45) is 4.55. The van der Waals surface area contributed by atoms with Crippen molar-refractivity contribution in [2.24, 2.45) is 11.8 Å². The van der Waals surface area contributed by atoms with E-state index in [1.807, 2.05) is 13.8 Å². The minimum absolute atomic E-state index is 0.0879. The summed E-state index contributed by atoms with van der Waals surface area (Å²) in [5, 5.41) is 11.3. The van der Waals surface area contributed by atoms with Gasteiger partial charge in [-0.3, -0.25) is 0 Å². The Labute approximate surface area is 121 Å². The van der Waals surface area contributed by atoms with Crippen molar-refractivity contribution >= 4 is 12.1 Å². The average Bonchev–Trinajstić information content (AvgIpc) is 2.44. The Bertz CT molecular complexity index is 282. The Kier molecular flexibility index (Phi) is 7.84. The second-order valence-electron chi connectivity index (χ2n) is 5.38. The van der Waals surface area contributed by atoms with E-state index in [-0.39, 0.29) is 12.1 Å². The van der Waals surface area contributed by atoms with Gasteiger partial charge in [-0.2, -0.15) is 0 Å². The summed E-state index contributed by atoms with van der Waals surface area (Å²) < 4.78 is 0. The van der Waals surface area contributed by atoms with Crippen molar-refractivity contribution in [1.29, 1.82) is 0 Å². The van der Waals surface area contributed by atoms with E-state index in [0.29, 0.717) is 24.9 Å². The van der Waals surface area contributed by atoms with E-state index in [4.69, 9.17) is 0 Å². The molecule has 0 aromatic carbocycles. The molecule has 1 fully saturated rings. The fourth-order valence-corrected chi connectivity index (χ4v) is 2.69. The van der Waals surface area contributed by atoms with E-state index in [1.165, 1.54) is 6.42 Å². The summed E-state index contributed by atoms with van der Waals surface area (Å²) in [5.74, 6) is 1.04. The third-order valence-electron chi connectivity index (χ3n) is 3.67. The largest absolute Gasteiger partial charge is 0.338 e. The number of amides is 4. The van der Waals surface area contributed by atoms with Crippen molar-refractivity contribution in [3.63, 3.8) is 0 Å². The quantitative estimate of drug-likeness (QED) is 0.595. The molecule has 0 aromatic heterocycles. The van der Waals surface area contributed by atoms with Gasteiger partial charge in [0, 0.05) is 26.2 Å². The summed E-state index contributed by atoms with van der Waals surface area (Å²) in [6, 6.07) is -0.176. The van der Waals surface area contributed by atoms with E-state index < -0.39 is 0 Å². The van der Waals surface area contributed by atoms with Gasteiger partial charge >= 0.3 is 12.1 Å². The van der Waals surface area contributed by atoms with Crippen LogP contribution in [0.25, 0.3) is 0 Å². The molecule has 2 atom stereocenters. The highest BCUT2D eigenvalue weighted by molar-refractivity contribution is 5.74. The van der Waals surface area contributed by atoms with Gasteiger partial charge in [-0.15, -0.1) is 0 Å². The Balaban J connectivity index is 2.21. The molecule has 4 amide bonds. The van der Waals surface area contributed by atoms with E-state index in [2.05, 4.69) is 21.3 Å². The molecule has 1 aliphatic rings. The molecular weight excluding hydrogens is 256 g/mol. The van der Waals surface area contributed by atoms with Crippen LogP contribution in [0.4, 0.5) is 9.59 Å². The maximum atomic E-state index is 11.4. The topological polar surface area (TPSA) is 82.3 Å². The second kappa shape index (κ2) is 9.44. The number of carbonyl (C=O) groups is 2. The molecule has 0 radical (unpaired) electrons. The summed E-state index contributed by atoms with van der Waals surface area (Å²) >= 11 is 0. The van der Waals surface area contributed by atoms with Gasteiger partial charge in [-0.05, 0) is 44.9 Å². The molecule has 1 rings (SSSR count). The maximum Gasteiger partial charge on any atom is 0.314 e. The van der Waals surface area contributed by atoms with Gasteiger partial charge in [0.05, 0.1) is 0 Å². The lowest BCUT2D eigenvalue weighted by molar-refractivity contribution is 0.222. The maximum absolute atomic E-state index is 11.4. The Morgan fingerprint density at radius 3 is 1.70 bits per heavy atom. The first kappa shape index (κ1) is 16.6. The smallest absolute Gasteiger partial charge is 0.314 e. The van der Waals surface area contributed by atoms with Crippen LogP contribution in [0.5, 0.6) is 0 Å². The number of rotatable bonds is 6. The molecule has 0 spiro atoms. The third-order valence-corrected chi connectivity index (χ3v) is 3.67. The summed E-state index contributed by atoms with van der Waals surface area (Å²) in [7, 11) is 0. The van der Waals surface area contributed by atoms with Gasteiger partial charge in [-0.25, -0.2) is 9.59 Å². The first-order valence-corrected chi connectivity index (χ1v) is 7.69. The van der Waals surface area contributed by atoms with Crippen LogP contribution in [0.15, 0.2) is 0 Å².